The molecule has 0 bridgehead atoms. The lowest BCUT2D eigenvalue weighted by atomic mass is 10.2. The number of hydrogen-bond acceptors (Lipinski definition) is 5. The summed E-state index contributed by atoms with van der Waals surface area (Å²) < 4.78 is 1.46. The van der Waals surface area contributed by atoms with Crippen LogP contribution in [0.3, 0.4) is 0 Å². The summed E-state index contributed by atoms with van der Waals surface area (Å²) in [5.74, 6) is -0.738. The molecule has 0 aliphatic heterocycles. The Balaban J connectivity index is 2.58. The van der Waals surface area contributed by atoms with E-state index in [1.165, 1.54) is 23.3 Å². The van der Waals surface area contributed by atoms with E-state index in [0.29, 0.717) is 11.2 Å². The molecule has 88 valence electrons. The molecule has 0 amide bonds. The zero-order chi connectivity index (χ0) is 12.4. The Morgan fingerprint density at radius 3 is 3.00 bits per heavy atom. The van der Waals surface area contributed by atoms with E-state index in [1.807, 2.05) is 0 Å². The van der Waals surface area contributed by atoms with Crippen molar-refractivity contribution in [2.45, 2.75) is 12.5 Å². The van der Waals surface area contributed by atoms with Crippen molar-refractivity contribution in [3.8, 4) is 0 Å². The van der Waals surface area contributed by atoms with E-state index in [9.17, 15) is 4.79 Å². The fourth-order valence-electron chi connectivity index (χ4n) is 1.59. The number of aliphatic carboxylic acids is 1. The number of anilines is 1. The molecule has 2 aromatic heterocycles. The zero-order valence-electron chi connectivity index (χ0n) is 8.95. The highest BCUT2D eigenvalue weighted by molar-refractivity contribution is 5.83. The van der Waals surface area contributed by atoms with E-state index in [4.69, 9.17) is 10.8 Å². The van der Waals surface area contributed by atoms with Gasteiger partial charge < -0.3 is 15.4 Å². The maximum absolute atomic E-state index is 11.1. The normalized spacial score (nSPS) is 12.5. The molecule has 1 atom stereocenters. The number of rotatable bonds is 4. The minimum absolute atomic E-state index is 0.233. The second-order valence-electron chi connectivity index (χ2n) is 3.46. The number of carbonyl (C=O) groups is 1. The van der Waals surface area contributed by atoms with Gasteiger partial charge in [0.15, 0.2) is 11.5 Å². The van der Waals surface area contributed by atoms with Gasteiger partial charge in [-0.25, -0.2) is 19.7 Å². The highest BCUT2D eigenvalue weighted by atomic mass is 16.4. The lowest BCUT2D eigenvalue weighted by Gasteiger charge is -2.11. The van der Waals surface area contributed by atoms with Crippen molar-refractivity contribution in [2.75, 3.05) is 5.73 Å². The van der Waals surface area contributed by atoms with Gasteiger partial charge in [0, 0.05) is 0 Å². The van der Waals surface area contributed by atoms with Crippen LogP contribution >= 0.6 is 0 Å². The van der Waals surface area contributed by atoms with Crippen LogP contribution in [0.5, 0.6) is 0 Å². The van der Waals surface area contributed by atoms with Gasteiger partial charge in [0.1, 0.15) is 17.9 Å². The van der Waals surface area contributed by atoms with Crippen LogP contribution in [0.4, 0.5) is 5.82 Å². The number of nitrogen functional groups attached to an aromatic ring is 1. The zero-order valence-corrected chi connectivity index (χ0v) is 8.95. The highest BCUT2D eigenvalue weighted by Gasteiger charge is 2.21. The van der Waals surface area contributed by atoms with Crippen molar-refractivity contribution in [2.24, 2.45) is 0 Å². The van der Waals surface area contributed by atoms with Crippen molar-refractivity contribution in [1.82, 2.24) is 19.5 Å². The van der Waals surface area contributed by atoms with Gasteiger partial charge in [0.2, 0.25) is 0 Å². The SMILES string of the molecule is C=CCC(C(=O)O)n1cnc2c(N)ncnc21. The van der Waals surface area contributed by atoms with Gasteiger partial charge in [0.05, 0.1) is 6.33 Å². The third-order valence-electron chi connectivity index (χ3n) is 2.40. The van der Waals surface area contributed by atoms with Crippen LogP contribution in [-0.4, -0.2) is 30.6 Å². The Morgan fingerprint density at radius 2 is 2.35 bits per heavy atom. The number of fused-ring (bicyclic) bond motifs is 1. The molecular weight excluding hydrogens is 222 g/mol. The van der Waals surface area contributed by atoms with E-state index >= 15 is 0 Å². The smallest absolute Gasteiger partial charge is 0.327 e. The van der Waals surface area contributed by atoms with Crippen molar-refractivity contribution in [3.63, 3.8) is 0 Å². The standard InChI is InChI=1S/C10H11N5O2/c1-2-3-6(10(16)17)15-5-14-7-8(11)12-4-13-9(7)15/h2,4-6H,1,3H2,(H,16,17)(H2,11,12,13). The number of imidazole rings is 1. The average molecular weight is 233 g/mol. The van der Waals surface area contributed by atoms with Crippen molar-refractivity contribution < 1.29 is 9.90 Å². The van der Waals surface area contributed by atoms with Gasteiger partial charge in [-0.3, -0.25) is 0 Å². The van der Waals surface area contributed by atoms with Gasteiger partial charge in [-0.05, 0) is 6.42 Å². The maximum atomic E-state index is 11.1. The van der Waals surface area contributed by atoms with Gasteiger partial charge in [0.25, 0.3) is 0 Å². The quantitative estimate of drug-likeness (QED) is 0.749. The van der Waals surface area contributed by atoms with Gasteiger partial charge >= 0.3 is 5.97 Å². The number of nitrogens with zero attached hydrogens (tertiary/aromatic N) is 4. The second kappa shape index (κ2) is 4.20. The fourth-order valence-corrected chi connectivity index (χ4v) is 1.59. The average Bonchev–Trinajstić information content (AvgIpc) is 2.70. The number of allylic oxidation sites excluding steroid dienone is 1. The Kier molecular flexibility index (Phi) is 2.73. The molecule has 0 saturated heterocycles. The van der Waals surface area contributed by atoms with E-state index in [0.717, 1.165) is 0 Å². The molecule has 0 radical (unpaired) electrons. The Bertz CT molecular complexity index is 577. The lowest BCUT2D eigenvalue weighted by Crippen LogP contribution is -2.18. The minimum Gasteiger partial charge on any atom is -0.480 e. The fraction of sp³-hybridized carbons (Fsp3) is 0.200. The molecule has 0 saturated carbocycles. The molecule has 7 nitrogen and oxygen atoms in total. The molecule has 2 aromatic rings. The van der Waals surface area contributed by atoms with Gasteiger partial charge in [-0.15, -0.1) is 6.58 Å². The van der Waals surface area contributed by atoms with E-state index in [2.05, 4.69) is 21.5 Å². The summed E-state index contributed by atoms with van der Waals surface area (Å²) in [5.41, 5.74) is 6.44. The van der Waals surface area contributed by atoms with E-state index < -0.39 is 12.0 Å². The molecule has 17 heavy (non-hydrogen) atoms. The number of hydrogen-bond donors (Lipinski definition) is 2. The number of nitrogens with two attached hydrogens (primary N) is 1. The predicted octanol–water partition coefficient (Wildman–Crippen LogP) is 0.610. The number of aromatic nitrogens is 4. The van der Waals surface area contributed by atoms with Crippen LogP contribution < -0.4 is 5.73 Å². The van der Waals surface area contributed by atoms with Crippen molar-refractivity contribution in [3.05, 3.63) is 25.3 Å². The third-order valence-corrected chi connectivity index (χ3v) is 2.40. The minimum atomic E-state index is -0.971. The van der Waals surface area contributed by atoms with Crippen LogP contribution in [0.25, 0.3) is 11.2 Å². The molecule has 0 aromatic carbocycles. The summed E-state index contributed by atoms with van der Waals surface area (Å²) in [6, 6.07) is -0.785. The summed E-state index contributed by atoms with van der Waals surface area (Å²) in [6.45, 7) is 3.54. The van der Waals surface area contributed by atoms with Crippen molar-refractivity contribution in [1.29, 1.82) is 0 Å². The molecular formula is C10H11N5O2. The van der Waals surface area contributed by atoms with Crippen LogP contribution in [0.1, 0.15) is 12.5 Å². The van der Waals surface area contributed by atoms with Gasteiger partial charge in [-0.1, -0.05) is 6.08 Å². The van der Waals surface area contributed by atoms with Crippen LogP contribution in [0.2, 0.25) is 0 Å². The first kappa shape index (κ1) is 11.1. The Labute approximate surface area is 96.6 Å². The predicted molar refractivity (Wildman–Crippen MR) is 61.2 cm³/mol. The third kappa shape index (κ3) is 1.82. The molecule has 1 unspecified atom stereocenters. The summed E-state index contributed by atoms with van der Waals surface area (Å²) in [6.07, 6.45) is 4.50. The first-order valence-corrected chi connectivity index (χ1v) is 4.92. The number of carboxylic acid groups (broad SMARTS) is 1. The van der Waals surface area contributed by atoms with Crippen LogP contribution in [0, 0.1) is 0 Å². The molecule has 0 aliphatic carbocycles. The highest BCUT2D eigenvalue weighted by Crippen LogP contribution is 2.21. The summed E-state index contributed by atoms with van der Waals surface area (Å²) >= 11 is 0. The molecule has 7 heteroatoms. The van der Waals surface area contributed by atoms with Crippen LogP contribution in [0.15, 0.2) is 25.3 Å². The summed E-state index contributed by atoms with van der Waals surface area (Å²) in [5, 5.41) is 9.13. The first-order valence-electron chi connectivity index (χ1n) is 4.92. The van der Waals surface area contributed by atoms with Crippen molar-refractivity contribution >= 4 is 23.0 Å². The molecule has 3 N–H and O–H groups in total. The second-order valence-corrected chi connectivity index (χ2v) is 3.46. The monoisotopic (exact) mass is 233 g/mol. The summed E-state index contributed by atoms with van der Waals surface area (Å²) in [4.78, 5) is 23.0. The lowest BCUT2D eigenvalue weighted by molar-refractivity contribution is -0.140. The van der Waals surface area contributed by atoms with E-state index in [-0.39, 0.29) is 12.2 Å². The Morgan fingerprint density at radius 1 is 1.59 bits per heavy atom. The first-order chi connectivity index (χ1) is 8.15. The number of carboxylic acids is 1. The van der Waals surface area contributed by atoms with Gasteiger partial charge in [-0.2, -0.15) is 0 Å². The van der Waals surface area contributed by atoms with Crippen LogP contribution in [-0.2, 0) is 4.79 Å². The topological polar surface area (TPSA) is 107 Å². The Hall–Kier alpha value is -2.44. The molecule has 2 heterocycles. The largest absolute Gasteiger partial charge is 0.480 e. The molecule has 2 rings (SSSR count). The summed E-state index contributed by atoms with van der Waals surface area (Å²) in [7, 11) is 0. The maximum Gasteiger partial charge on any atom is 0.327 e. The molecule has 0 aliphatic rings. The van der Waals surface area contributed by atoms with E-state index in [1.54, 1.807) is 0 Å². The molecule has 0 fully saturated rings. The molecule has 0 spiro atoms.